The molecule has 2 N–H and O–H groups in total. The number of fused-ring (bicyclic) bond motifs is 1. The molecule has 0 bridgehead atoms. The van der Waals surface area contributed by atoms with Gasteiger partial charge in [0.15, 0.2) is 0 Å². The highest BCUT2D eigenvalue weighted by Crippen LogP contribution is 2.36. The van der Waals surface area contributed by atoms with Crippen molar-refractivity contribution in [1.29, 1.82) is 0 Å². The maximum atomic E-state index is 6.90. The molecule has 1 aromatic carbocycles. The Morgan fingerprint density at radius 2 is 2.29 bits per heavy atom. The molecule has 0 fully saturated rings. The molecule has 1 heterocycles. The second kappa shape index (κ2) is 3.75. The van der Waals surface area contributed by atoms with Crippen LogP contribution in [0.1, 0.15) is 5.56 Å². The van der Waals surface area contributed by atoms with Crippen LogP contribution in [-0.2, 0) is 6.54 Å². The molecule has 0 saturated heterocycles. The Morgan fingerprint density at radius 1 is 1.50 bits per heavy atom. The summed E-state index contributed by atoms with van der Waals surface area (Å²) >= 11 is 3.94. The number of hydrogen-bond acceptors (Lipinski definition) is 2. The Hall–Kier alpha value is -0.800. The molecule has 0 saturated carbocycles. The number of nitrogens with two attached hydrogens (primary N) is 1. The number of benzene rings is 1. The van der Waals surface area contributed by atoms with Gasteiger partial charge in [0.2, 0.25) is 6.54 Å². The van der Waals surface area contributed by atoms with E-state index in [1.165, 1.54) is 2.88 Å². The summed E-state index contributed by atoms with van der Waals surface area (Å²) < 4.78 is 2.28. The fourth-order valence-electron chi connectivity index (χ4n) is 1.39. The van der Waals surface area contributed by atoms with Gasteiger partial charge in [-0.05, 0) is 28.7 Å². The van der Waals surface area contributed by atoms with Gasteiger partial charge < -0.3 is 10.6 Å². The summed E-state index contributed by atoms with van der Waals surface area (Å²) in [6.07, 6.45) is 0. The van der Waals surface area contributed by atoms with Crippen molar-refractivity contribution in [3.05, 3.63) is 38.1 Å². The number of anilines is 1. The molecule has 14 heavy (non-hydrogen) atoms. The van der Waals surface area contributed by atoms with E-state index in [0.29, 0.717) is 6.54 Å². The van der Waals surface area contributed by atoms with Crippen LogP contribution in [0.4, 0.5) is 5.69 Å². The van der Waals surface area contributed by atoms with E-state index in [1.807, 2.05) is 18.2 Å². The summed E-state index contributed by atoms with van der Waals surface area (Å²) in [5, 5.41) is 1.13. The largest absolute Gasteiger partial charge is 0.398 e. The van der Waals surface area contributed by atoms with Gasteiger partial charge in [0.25, 0.3) is 0 Å². The van der Waals surface area contributed by atoms with Gasteiger partial charge in [-0.2, -0.15) is 0 Å². The SMILES string of the molecule is [C-]#[N+]Cc1c(I)sc2c(N)cccc12. The molecule has 4 heteroatoms. The fourth-order valence-corrected chi connectivity index (χ4v) is 3.48. The Morgan fingerprint density at radius 3 is 3.00 bits per heavy atom. The average molecular weight is 314 g/mol. The Bertz CT molecular complexity index is 525. The van der Waals surface area contributed by atoms with E-state index in [0.717, 1.165) is 21.3 Å². The molecular formula is C10H7IN2S. The van der Waals surface area contributed by atoms with Gasteiger partial charge in [-0.15, -0.1) is 11.3 Å². The van der Waals surface area contributed by atoms with Gasteiger partial charge in [0.1, 0.15) is 0 Å². The number of hydrogen-bond donors (Lipinski definition) is 1. The first-order chi connectivity index (χ1) is 6.74. The second-order valence-electron chi connectivity index (χ2n) is 2.89. The zero-order valence-electron chi connectivity index (χ0n) is 7.25. The topological polar surface area (TPSA) is 30.4 Å². The molecule has 0 aliphatic carbocycles. The van der Waals surface area contributed by atoms with E-state index in [2.05, 4.69) is 27.4 Å². The highest BCUT2D eigenvalue weighted by Gasteiger charge is 2.13. The van der Waals surface area contributed by atoms with Crippen LogP contribution < -0.4 is 5.73 Å². The highest BCUT2D eigenvalue weighted by atomic mass is 127. The summed E-state index contributed by atoms with van der Waals surface area (Å²) in [6, 6.07) is 5.87. The minimum Gasteiger partial charge on any atom is -0.398 e. The zero-order chi connectivity index (χ0) is 10.1. The lowest BCUT2D eigenvalue weighted by Crippen LogP contribution is -1.84. The first-order valence-corrected chi connectivity index (χ1v) is 5.92. The Balaban J connectivity index is 2.78. The van der Waals surface area contributed by atoms with E-state index in [9.17, 15) is 0 Å². The van der Waals surface area contributed by atoms with Crippen molar-refractivity contribution >= 4 is 49.7 Å². The fraction of sp³-hybridized carbons (Fsp3) is 0.100. The Labute approximate surface area is 99.7 Å². The van der Waals surface area contributed by atoms with Gasteiger partial charge in [-0.25, -0.2) is 6.57 Å². The molecular weight excluding hydrogens is 307 g/mol. The first kappa shape index (κ1) is 9.74. The van der Waals surface area contributed by atoms with Crippen molar-refractivity contribution in [2.24, 2.45) is 0 Å². The van der Waals surface area contributed by atoms with E-state index in [1.54, 1.807) is 11.3 Å². The first-order valence-electron chi connectivity index (χ1n) is 4.02. The van der Waals surface area contributed by atoms with Gasteiger partial charge in [-0.3, -0.25) is 0 Å². The van der Waals surface area contributed by atoms with Gasteiger partial charge >= 0.3 is 0 Å². The molecule has 2 nitrogen and oxygen atoms in total. The van der Waals surface area contributed by atoms with Crippen molar-refractivity contribution in [2.75, 3.05) is 5.73 Å². The third-order valence-electron chi connectivity index (χ3n) is 2.04. The van der Waals surface area contributed by atoms with E-state index in [4.69, 9.17) is 12.3 Å². The van der Waals surface area contributed by atoms with Gasteiger partial charge in [0, 0.05) is 11.1 Å². The summed E-state index contributed by atoms with van der Waals surface area (Å²) in [6.45, 7) is 7.35. The van der Waals surface area contributed by atoms with Crippen LogP contribution in [0.5, 0.6) is 0 Å². The quantitative estimate of drug-likeness (QED) is 0.487. The maximum absolute atomic E-state index is 6.90. The summed E-state index contributed by atoms with van der Waals surface area (Å²) in [4.78, 5) is 3.43. The van der Waals surface area contributed by atoms with Crippen LogP contribution in [0.15, 0.2) is 18.2 Å². The molecule has 0 spiro atoms. The molecule has 0 aliphatic rings. The molecule has 0 radical (unpaired) electrons. The van der Waals surface area contributed by atoms with Gasteiger partial charge in [-0.1, -0.05) is 12.1 Å². The van der Waals surface area contributed by atoms with Crippen LogP contribution in [0.25, 0.3) is 14.9 Å². The standard InChI is InChI=1S/C10H7IN2S/c1-13-5-7-6-3-2-4-8(12)9(6)14-10(7)11/h2-4H,5,12H2. The third-order valence-corrected chi connectivity index (χ3v) is 4.43. The van der Waals surface area contributed by atoms with Crippen molar-refractivity contribution in [3.8, 4) is 0 Å². The molecule has 2 rings (SSSR count). The number of halogens is 1. The average Bonchev–Trinajstić information content (AvgIpc) is 2.47. The normalized spacial score (nSPS) is 10.3. The lowest BCUT2D eigenvalue weighted by atomic mass is 10.1. The van der Waals surface area contributed by atoms with Crippen LogP contribution >= 0.6 is 33.9 Å². The minimum absolute atomic E-state index is 0.446. The molecule has 0 amide bonds. The van der Waals surface area contributed by atoms with Crippen LogP contribution in [0.2, 0.25) is 0 Å². The van der Waals surface area contributed by atoms with E-state index < -0.39 is 0 Å². The predicted octanol–water partition coefficient (Wildman–Crippen LogP) is 3.51. The predicted molar refractivity (Wildman–Crippen MR) is 69.3 cm³/mol. The van der Waals surface area contributed by atoms with Crippen molar-refractivity contribution < 1.29 is 0 Å². The summed E-state index contributed by atoms with van der Waals surface area (Å²) in [5.41, 5.74) is 7.79. The molecule has 0 aliphatic heterocycles. The van der Waals surface area contributed by atoms with Gasteiger partial charge in [0.05, 0.1) is 13.1 Å². The molecule has 0 unspecified atom stereocenters. The molecule has 70 valence electrons. The third kappa shape index (κ3) is 1.47. The highest BCUT2D eigenvalue weighted by molar-refractivity contribution is 14.1. The lowest BCUT2D eigenvalue weighted by molar-refractivity contribution is 1.30. The monoisotopic (exact) mass is 314 g/mol. The lowest BCUT2D eigenvalue weighted by Gasteiger charge is -1.94. The zero-order valence-corrected chi connectivity index (χ0v) is 10.2. The van der Waals surface area contributed by atoms with E-state index >= 15 is 0 Å². The molecule has 0 atom stereocenters. The molecule has 2 aromatic rings. The van der Waals surface area contributed by atoms with Crippen LogP contribution in [0, 0.1) is 9.46 Å². The van der Waals surface area contributed by atoms with Crippen molar-refractivity contribution in [1.82, 2.24) is 0 Å². The molecule has 1 aromatic heterocycles. The van der Waals surface area contributed by atoms with Crippen molar-refractivity contribution in [3.63, 3.8) is 0 Å². The number of rotatable bonds is 1. The Kier molecular flexibility index (Phi) is 2.61. The number of nitrogens with zero attached hydrogens (tertiary/aromatic N) is 1. The second-order valence-corrected chi connectivity index (χ2v) is 5.73. The number of nitrogen functional groups attached to an aromatic ring is 1. The van der Waals surface area contributed by atoms with E-state index in [-0.39, 0.29) is 0 Å². The van der Waals surface area contributed by atoms with Crippen LogP contribution in [0.3, 0.4) is 0 Å². The minimum atomic E-state index is 0.446. The van der Waals surface area contributed by atoms with Crippen LogP contribution in [-0.4, -0.2) is 0 Å². The summed E-state index contributed by atoms with van der Waals surface area (Å²) in [7, 11) is 0. The summed E-state index contributed by atoms with van der Waals surface area (Å²) in [5.74, 6) is 0. The maximum Gasteiger partial charge on any atom is 0.242 e. The number of thiophene rings is 1. The smallest absolute Gasteiger partial charge is 0.242 e. The van der Waals surface area contributed by atoms with Crippen molar-refractivity contribution in [2.45, 2.75) is 6.54 Å².